The molecule has 0 aromatic heterocycles. The minimum absolute atomic E-state index is 0.237. The molecule has 1 aromatic rings. The highest BCUT2D eigenvalue weighted by atomic mass is 14.3. The van der Waals surface area contributed by atoms with E-state index >= 15 is 0 Å². The summed E-state index contributed by atoms with van der Waals surface area (Å²) in [6, 6.07) is 11.1. The lowest BCUT2D eigenvalue weighted by atomic mass is 9.76. The molecule has 0 radical (unpaired) electrons. The van der Waals surface area contributed by atoms with Crippen molar-refractivity contribution in [3.8, 4) is 6.07 Å². The van der Waals surface area contributed by atoms with Gasteiger partial charge in [0.2, 0.25) is 0 Å². The molecule has 0 amide bonds. The van der Waals surface area contributed by atoms with Crippen molar-refractivity contribution in [3.05, 3.63) is 35.4 Å². The molecule has 0 spiro atoms. The number of hydrogen-bond acceptors (Lipinski definition) is 1. The van der Waals surface area contributed by atoms with E-state index in [1.165, 1.54) is 30.4 Å². The van der Waals surface area contributed by atoms with Gasteiger partial charge in [-0.3, -0.25) is 0 Å². The third kappa shape index (κ3) is 2.21. The highest BCUT2D eigenvalue weighted by Crippen LogP contribution is 2.37. The maximum Gasteiger partial charge on any atom is 0.0662 e. The van der Waals surface area contributed by atoms with E-state index in [1.807, 2.05) is 0 Å². The highest BCUT2D eigenvalue weighted by Gasteiger charge is 2.25. The maximum atomic E-state index is 9.13. The summed E-state index contributed by atoms with van der Waals surface area (Å²) in [4.78, 5) is 0. The molecule has 0 saturated heterocycles. The van der Waals surface area contributed by atoms with Gasteiger partial charge in [0.25, 0.3) is 0 Å². The van der Waals surface area contributed by atoms with Crippen LogP contribution in [0.2, 0.25) is 0 Å². The van der Waals surface area contributed by atoms with Crippen LogP contribution in [0.1, 0.15) is 42.7 Å². The van der Waals surface area contributed by atoms with Crippen LogP contribution < -0.4 is 0 Å². The van der Waals surface area contributed by atoms with Crippen molar-refractivity contribution in [2.24, 2.45) is 5.92 Å². The van der Waals surface area contributed by atoms with Crippen molar-refractivity contribution < 1.29 is 0 Å². The minimum Gasteiger partial charge on any atom is -0.198 e. The Kier molecular flexibility index (Phi) is 3.06. The molecule has 1 aliphatic rings. The van der Waals surface area contributed by atoms with Gasteiger partial charge in [-0.2, -0.15) is 5.26 Å². The van der Waals surface area contributed by atoms with E-state index in [2.05, 4.69) is 37.3 Å². The van der Waals surface area contributed by atoms with Crippen molar-refractivity contribution in [1.82, 2.24) is 0 Å². The third-order valence-corrected chi connectivity index (χ3v) is 3.44. The number of aryl methyl sites for hydroxylation is 1. The van der Waals surface area contributed by atoms with E-state index < -0.39 is 0 Å². The fourth-order valence-corrected chi connectivity index (χ4v) is 2.50. The second-order valence-corrected chi connectivity index (χ2v) is 4.54. The Hall–Kier alpha value is -1.29. The second-order valence-electron chi connectivity index (χ2n) is 4.54. The summed E-state index contributed by atoms with van der Waals surface area (Å²) in [6.07, 6.45) is 4.76. The molecule has 15 heavy (non-hydrogen) atoms. The van der Waals surface area contributed by atoms with Crippen LogP contribution >= 0.6 is 0 Å². The summed E-state index contributed by atoms with van der Waals surface area (Å²) < 4.78 is 0. The van der Waals surface area contributed by atoms with Crippen molar-refractivity contribution >= 4 is 0 Å². The summed E-state index contributed by atoms with van der Waals surface area (Å²) in [5, 5.41) is 9.13. The molecular formula is C14H17N. The van der Waals surface area contributed by atoms with Crippen LogP contribution in [0.15, 0.2) is 24.3 Å². The molecule has 0 N–H and O–H groups in total. The van der Waals surface area contributed by atoms with Gasteiger partial charge in [0, 0.05) is 0 Å². The van der Waals surface area contributed by atoms with Gasteiger partial charge in [0.05, 0.1) is 12.0 Å². The molecule has 0 aliphatic heterocycles. The molecule has 0 heterocycles. The van der Waals surface area contributed by atoms with Gasteiger partial charge < -0.3 is 0 Å². The van der Waals surface area contributed by atoms with E-state index in [0.717, 1.165) is 6.42 Å². The first-order valence-electron chi connectivity index (χ1n) is 5.77. The molecule has 2 rings (SSSR count). The van der Waals surface area contributed by atoms with E-state index in [4.69, 9.17) is 5.26 Å². The first-order valence-corrected chi connectivity index (χ1v) is 5.77. The molecule has 2 atom stereocenters. The summed E-state index contributed by atoms with van der Waals surface area (Å²) in [7, 11) is 0. The van der Waals surface area contributed by atoms with Crippen LogP contribution in [0.25, 0.3) is 0 Å². The van der Waals surface area contributed by atoms with E-state index in [0.29, 0.717) is 5.92 Å². The normalized spacial score (nSPS) is 25.9. The third-order valence-electron chi connectivity index (χ3n) is 3.44. The fraction of sp³-hybridized carbons (Fsp3) is 0.500. The van der Waals surface area contributed by atoms with E-state index in [1.54, 1.807) is 0 Å². The zero-order valence-electron chi connectivity index (χ0n) is 9.24. The topological polar surface area (TPSA) is 23.8 Å². The Morgan fingerprint density at radius 1 is 1.13 bits per heavy atom. The molecule has 1 aromatic carbocycles. The van der Waals surface area contributed by atoms with Gasteiger partial charge in [0.15, 0.2) is 0 Å². The number of rotatable bonds is 1. The Morgan fingerprint density at radius 3 is 2.47 bits per heavy atom. The summed E-state index contributed by atoms with van der Waals surface area (Å²) in [6.45, 7) is 2.10. The second kappa shape index (κ2) is 4.49. The summed E-state index contributed by atoms with van der Waals surface area (Å²) >= 11 is 0. The Balaban J connectivity index is 2.21. The molecule has 1 heteroatoms. The van der Waals surface area contributed by atoms with Crippen LogP contribution in [-0.2, 0) is 0 Å². The van der Waals surface area contributed by atoms with Crippen molar-refractivity contribution in [1.29, 1.82) is 5.26 Å². The quantitative estimate of drug-likeness (QED) is 0.675. The average molecular weight is 199 g/mol. The summed E-state index contributed by atoms with van der Waals surface area (Å²) in [5.74, 6) is 0.714. The highest BCUT2D eigenvalue weighted by molar-refractivity contribution is 5.26. The number of hydrogen-bond donors (Lipinski definition) is 0. The lowest BCUT2D eigenvalue weighted by molar-refractivity contribution is 0.369. The SMILES string of the molecule is Cc1ccc([C@@H]2CCCC[C@H]2C#N)cc1. The number of benzene rings is 1. The first kappa shape index (κ1) is 10.2. The van der Waals surface area contributed by atoms with Gasteiger partial charge in [-0.15, -0.1) is 0 Å². The van der Waals surface area contributed by atoms with Crippen LogP contribution in [0, 0.1) is 24.2 Å². The monoisotopic (exact) mass is 199 g/mol. The molecule has 1 saturated carbocycles. The Bertz CT molecular complexity index is 358. The molecule has 1 fully saturated rings. The van der Waals surface area contributed by atoms with Crippen LogP contribution in [0.5, 0.6) is 0 Å². The smallest absolute Gasteiger partial charge is 0.0662 e. The molecule has 0 bridgehead atoms. The zero-order chi connectivity index (χ0) is 10.7. The predicted octanol–water partition coefficient (Wildman–Crippen LogP) is 3.79. The standard InChI is InChI=1S/C14H17N/c1-11-6-8-12(9-7-11)14-5-3-2-4-13(14)10-15/h6-9,13-14H,2-5H2,1H3/t13-,14-/m0/s1. The Labute approximate surface area is 91.7 Å². The number of nitriles is 1. The molecule has 78 valence electrons. The lowest BCUT2D eigenvalue weighted by Gasteiger charge is -2.27. The van der Waals surface area contributed by atoms with E-state index in [-0.39, 0.29) is 5.92 Å². The zero-order valence-corrected chi connectivity index (χ0v) is 9.24. The van der Waals surface area contributed by atoms with Gasteiger partial charge in [-0.25, -0.2) is 0 Å². The Morgan fingerprint density at radius 2 is 1.80 bits per heavy atom. The minimum atomic E-state index is 0.237. The lowest BCUT2D eigenvalue weighted by Crippen LogP contribution is -2.16. The summed E-state index contributed by atoms with van der Waals surface area (Å²) in [5.41, 5.74) is 2.65. The maximum absolute atomic E-state index is 9.13. The largest absolute Gasteiger partial charge is 0.198 e. The van der Waals surface area contributed by atoms with Gasteiger partial charge in [-0.05, 0) is 31.2 Å². The number of nitrogens with zero attached hydrogens (tertiary/aromatic N) is 1. The van der Waals surface area contributed by atoms with Crippen LogP contribution in [-0.4, -0.2) is 0 Å². The van der Waals surface area contributed by atoms with Crippen LogP contribution in [0.4, 0.5) is 0 Å². The first-order chi connectivity index (χ1) is 7.31. The van der Waals surface area contributed by atoms with Crippen molar-refractivity contribution in [2.45, 2.75) is 38.5 Å². The average Bonchev–Trinajstić information content (AvgIpc) is 2.30. The van der Waals surface area contributed by atoms with Crippen LogP contribution in [0.3, 0.4) is 0 Å². The van der Waals surface area contributed by atoms with Crippen molar-refractivity contribution in [3.63, 3.8) is 0 Å². The molecule has 1 aliphatic carbocycles. The molecular weight excluding hydrogens is 182 g/mol. The van der Waals surface area contributed by atoms with Gasteiger partial charge >= 0.3 is 0 Å². The molecule has 0 unspecified atom stereocenters. The van der Waals surface area contributed by atoms with E-state index in [9.17, 15) is 0 Å². The predicted molar refractivity (Wildman–Crippen MR) is 61.5 cm³/mol. The van der Waals surface area contributed by atoms with Crippen molar-refractivity contribution in [2.75, 3.05) is 0 Å². The molecule has 1 nitrogen and oxygen atoms in total. The van der Waals surface area contributed by atoms with Gasteiger partial charge in [0.1, 0.15) is 0 Å². The fourth-order valence-electron chi connectivity index (χ4n) is 2.50. The van der Waals surface area contributed by atoms with Gasteiger partial charge in [-0.1, -0.05) is 42.7 Å².